The third kappa shape index (κ3) is 6.25. The molecular weight excluding hydrogens is 443 g/mol. The molecule has 0 bridgehead atoms. The predicted molar refractivity (Wildman–Crippen MR) is 137 cm³/mol. The Morgan fingerprint density at radius 1 is 0.969 bits per heavy atom. The first kappa shape index (κ1) is 24.6. The first-order valence-corrected chi connectivity index (χ1v) is 11.8. The fraction of sp³-hybridized carbons (Fsp3) is 0.440. The molecule has 1 aliphatic carbocycles. The topological polar surface area (TPSA) is 69.8 Å². The number of nitrogens with zero attached hydrogens (tertiary/aromatic N) is 1. The molecule has 7 heteroatoms. The number of H-pyrrole nitrogens is 1. The monoisotopic (exact) mass is 474 g/mol. The number of fused-ring (bicyclic) bond motifs is 1. The second kappa shape index (κ2) is 12.2. The van der Waals surface area contributed by atoms with Gasteiger partial charge in [-0.1, -0.05) is 61.5 Å². The van der Waals surface area contributed by atoms with Crippen molar-refractivity contribution in [3.05, 3.63) is 57.8 Å². The van der Waals surface area contributed by atoms with Gasteiger partial charge in [-0.05, 0) is 50.4 Å². The average molecular weight is 475 g/mol. The van der Waals surface area contributed by atoms with Crippen LogP contribution >= 0.6 is 24.0 Å². The van der Waals surface area contributed by atoms with Gasteiger partial charge in [-0.15, -0.1) is 12.4 Å². The highest BCUT2D eigenvalue weighted by Crippen LogP contribution is 2.30. The van der Waals surface area contributed by atoms with Crippen LogP contribution in [0.3, 0.4) is 0 Å². The van der Waals surface area contributed by atoms with E-state index in [0.29, 0.717) is 10.4 Å². The van der Waals surface area contributed by atoms with E-state index in [1.165, 1.54) is 44.9 Å². The number of rotatable bonds is 9. The third-order valence-corrected chi connectivity index (χ3v) is 6.47. The van der Waals surface area contributed by atoms with Gasteiger partial charge in [0.2, 0.25) is 0 Å². The SMILES string of the molecule is Cl.O=c1[nH]nc(-c2ccc(Cl)c(NCCCCCNC3CCCCC3)c2)c2ccccc12. The Bertz CT molecular complexity index is 1060. The Morgan fingerprint density at radius 2 is 1.72 bits per heavy atom. The zero-order chi connectivity index (χ0) is 21.5. The van der Waals surface area contributed by atoms with Crippen LogP contribution in [0.1, 0.15) is 51.4 Å². The van der Waals surface area contributed by atoms with Crippen LogP contribution in [0, 0.1) is 0 Å². The Balaban J connectivity index is 0.00000289. The summed E-state index contributed by atoms with van der Waals surface area (Å²) in [7, 11) is 0. The second-order valence-electron chi connectivity index (χ2n) is 8.42. The molecule has 0 aliphatic heterocycles. The maximum absolute atomic E-state index is 12.1. The molecule has 3 N–H and O–H groups in total. The van der Waals surface area contributed by atoms with E-state index >= 15 is 0 Å². The van der Waals surface area contributed by atoms with Crippen LogP contribution in [-0.4, -0.2) is 29.3 Å². The van der Waals surface area contributed by atoms with E-state index in [1.807, 2.05) is 42.5 Å². The van der Waals surface area contributed by atoms with Crippen LogP contribution in [0.25, 0.3) is 22.0 Å². The van der Waals surface area contributed by atoms with Crippen LogP contribution in [0.4, 0.5) is 5.69 Å². The van der Waals surface area contributed by atoms with Crippen molar-refractivity contribution in [3.63, 3.8) is 0 Å². The predicted octanol–water partition coefficient (Wildman–Crippen LogP) is 6.17. The first-order chi connectivity index (χ1) is 15.2. The first-order valence-electron chi connectivity index (χ1n) is 11.5. The third-order valence-electron chi connectivity index (χ3n) is 6.14. The lowest BCUT2D eigenvalue weighted by molar-refractivity contribution is 0.370. The molecule has 1 aliphatic rings. The fourth-order valence-electron chi connectivity index (χ4n) is 4.41. The number of benzene rings is 2. The Hall–Kier alpha value is -2.08. The van der Waals surface area contributed by atoms with Gasteiger partial charge in [0.15, 0.2) is 0 Å². The van der Waals surface area contributed by atoms with E-state index < -0.39 is 0 Å². The minimum absolute atomic E-state index is 0. The lowest BCUT2D eigenvalue weighted by atomic mass is 9.95. The molecule has 5 nitrogen and oxygen atoms in total. The summed E-state index contributed by atoms with van der Waals surface area (Å²) in [5.41, 5.74) is 2.40. The molecule has 1 fully saturated rings. The van der Waals surface area contributed by atoms with E-state index in [-0.39, 0.29) is 18.0 Å². The highest BCUT2D eigenvalue weighted by atomic mass is 35.5. The van der Waals surface area contributed by atoms with Gasteiger partial charge in [0.05, 0.1) is 21.8 Å². The van der Waals surface area contributed by atoms with Gasteiger partial charge in [-0.25, -0.2) is 5.10 Å². The van der Waals surface area contributed by atoms with Crippen molar-refractivity contribution in [2.45, 2.75) is 57.4 Å². The summed E-state index contributed by atoms with van der Waals surface area (Å²) in [6, 6.07) is 14.1. The van der Waals surface area contributed by atoms with Crippen LogP contribution < -0.4 is 16.2 Å². The lowest BCUT2D eigenvalue weighted by Crippen LogP contribution is -2.31. The van der Waals surface area contributed by atoms with E-state index in [9.17, 15) is 4.79 Å². The highest BCUT2D eigenvalue weighted by Gasteiger charge is 2.12. The fourth-order valence-corrected chi connectivity index (χ4v) is 4.59. The van der Waals surface area contributed by atoms with E-state index in [1.54, 1.807) is 0 Å². The van der Waals surface area contributed by atoms with Crippen molar-refractivity contribution in [1.82, 2.24) is 15.5 Å². The molecule has 0 atom stereocenters. The summed E-state index contributed by atoms with van der Waals surface area (Å²) in [5.74, 6) is 0. The number of aromatic nitrogens is 2. The normalized spacial score (nSPS) is 14.3. The van der Waals surface area contributed by atoms with Crippen molar-refractivity contribution in [3.8, 4) is 11.3 Å². The van der Waals surface area contributed by atoms with Crippen molar-refractivity contribution in [2.24, 2.45) is 0 Å². The van der Waals surface area contributed by atoms with E-state index in [0.717, 1.165) is 47.9 Å². The van der Waals surface area contributed by atoms with Gasteiger partial charge in [0.1, 0.15) is 0 Å². The molecule has 172 valence electrons. The Kier molecular flexibility index (Phi) is 9.39. The van der Waals surface area contributed by atoms with Crippen LogP contribution in [0.2, 0.25) is 5.02 Å². The quantitative estimate of drug-likeness (QED) is 0.324. The molecule has 1 saturated carbocycles. The summed E-state index contributed by atoms with van der Waals surface area (Å²) >= 11 is 6.42. The standard InChI is InChI=1S/C25H31ClN4O.ClH/c26-22-14-13-18(24-20-11-5-6-12-21(20)25(31)30-29-24)17-23(22)28-16-8-2-7-15-27-19-9-3-1-4-10-19;/h5-6,11-14,17,19,27-28H,1-4,7-10,15-16H2,(H,30,31);1H. The van der Waals surface area contributed by atoms with Crippen LogP contribution in [0.15, 0.2) is 47.3 Å². The molecular formula is C25H32Cl2N4O. The number of aromatic amines is 1. The molecule has 1 aromatic heterocycles. The smallest absolute Gasteiger partial charge is 0.272 e. The number of hydrogen-bond donors (Lipinski definition) is 3. The zero-order valence-electron chi connectivity index (χ0n) is 18.3. The summed E-state index contributed by atoms with van der Waals surface area (Å²) in [5, 5.41) is 16.3. The number of nitrogens with one attached hydrogen (secondary N) is 3. The molecule has 32 heavy (non-hydrogen) atoms. The molecule has 0 radical (unpaired) electrons. The van der Waals surface area contributed by atoms with E-state index in [4.69, 9.17) is 11.6 Å². The van der Waals surface area contributed by atoms with E-state index in [2.05, 4.69) is 20.8 Å². The minimum atomic E-state index is -0.176. The molecule has 3 aromatic rings. The number of unbranched alkanes of at least 4 members (excludes halogenated alkanes) is 2. The zero-order valence-corrected chi connectivity index (χ0v) is 19.9. The Labute approximate surface area is 200 Å². The maximum Gasteiger partial charge on any atom is 0.272 e. The van der Waals surface area contributed by atoms with Gasteiger partial charge in [-0.2, -0.15) is 5.10 Å². The minimum Gasteiger partial charge on any atom is -0.384 e. The van der Waals surface area contributed by atoms with Gasteiger partial charge < -0.3 is 10.6 Å². The highest BCUT2D eigenvalue weighted by molar-refractivity contribution is 6.33. The largest absolute Gasteiger partial charge is 0.384 e. The molecule has 2 aromatic carbocycles. The summed E-state index contributed by atoms with van der Waals surface area (Å²) in [6.07, 6.45) is 10.4. The lowest BCUT2D eigenvalue weighted by Gasteiger charge is -2.22. The summed E-state index contributed by atoms with van der Waals surface area (Å²) < 4.78 is 0. The van der Waals surface area contributed by atoms with Gasteiger partial charge in [0, 0.05) is 23.5 Å². The summed E-state index contributed by atoms with van der Waals surface area (Å²) in [6.45, 7) is 2.00. The number of anilines is 1. The molecule has 0 saturated heterocycles. The van der Waals surface area contributed by atoms with Crippen molar-refractivity contribution in [1.29, 1.82) is 0 Å². The summed E-state index contributed by atoms with van der Waals surface area (Å²) in [4.78, 5) is 12.1. The molecule has 0 amide bonds. The van der Waals surface area contributed by atoms with Gasteiger partial charge in [0.25, 0.3) is 5.56 Å². The average Bonchev–Trinajstić information content (AvgIpc) is 2.81. The maximum atomic E-state index is 12.1. The van der Waals surface area contributed by atoms with Crippen molar-refractivity contribution in [2.75, 3.05) is 18.4 Å². The molecule has 0 unspecified atom stereocenters. The molecule has 4 rings (SSSR count). The van der Waals surface area contributed by atoms with Crippen LogP contribution in [-0.2, 0) is 0 Å². The van der Waals surface area contributed by atoms with Crippen molar-refractivity contribution >= 4 is 40.5 Å². The van der Waals surface area contributed by atoms with Gasteiger partial charge in [-0.3, -0.25) is 4.79 Å². The molecule has 0 spiro atoms. The van der Waals surface area contributed by atoms with Crippen LogP contribution in [0.5, 0.6) is 0 Å². The van der Waals surface area contributed by atoms with Gasteiger partial charge >= 0.3 is 0 Å². The molecule has 1 heterocycles. The number of hydrogen-bond acceptors (Lipinski definition) is 4. The number of halogens is 2. The van der Waals surface area contributed by atoms with Crippen molar-refractivity contribution < 1.29 is 0 Å². The second-order valence-corrected chi connectivity index (χ2v) is 8.83. The Morgan fingerprint density at radius 3 is 2.53 bits per heavy atom.